The molecule has 0 saturated carbocycles. The zero-order valence-corrected chi connectivity index (χ0v) is 12.7. The first-order valence-corrected chi connectivity index (χ1v) is 7.27. The van der Waals surface area contributed by atoms with E-state index in [0.29, 0.717) is 31.0 Å². The van der Waals surface area contributed by atoms with E-state index in [0.717, 1.165) is 0 Å². The van der Waals surface area contributed by atoms with Crippen LogP contribution in [0.4, 0.5) is 5.82 Å². The highest BCUT2D eigenvalue weighted by Gasteiger charge is 2.25. The number of aromatic nitrogens is 1. The molecule has 6 nitrogen and oxygen atoms in total. The Morgan fingerprint density at radius 1 is 1.38 bits per heavy atom. The molecule has 0 aromatic carbocycles. The number of aliphatic carboxylic acids is 1. The fourth-order valence-corrected chi connectivity index (χ4v) is 2.65. The van der Waals surface area contributed by atoms with Crippen LogP contribution in [0.2, 0.25) is 10.0 Å². The summed E-state index contributed by atoms with van der Waals surface area (Å²) in [6.45, 7) is 1.37. The highest BCUT2D eigenvalue weighted by Crippen LogP contribution is 2.22. The van der Waals surface area contributed by atoms with Crippen LogP contribution in [0, 0.1) is 5.92 Å². The van der Waals surface area contributed by atoms with E-state index in [4.69, 9.17) is 28.3 Å². The summed E-state index contributed by atoms with van der Waals surface area (Å²) >= 11 is 11.7. The van der Waals surface area contributed by atoms with Crippen LogP contribution in [0.3, 0.4) is 0 Å². The molecule has 0 atom stereocenters. The van der Waals surface area contributed by atoms with Crippen molar-refractivity contribution in [3.05, 3.63) is 22.3 Å². The van der Waals surface area contributed by atoms with Crippen LogP contribution < -0.4 is 5.32 Å². The van der Waals surface area contributed by atoms with Crippen molar-refractivity contribution in [2.24, 2.45) is 5.92 Å². The highest BCUT2D eigenvalue weighted by atomic mass is 35.5. The number of nitrogens with zero attached hydrogens (tertiary/aromatic N) is 2. The molecule has 8 heteroatoms. The summed E-state index contributed by atoms with van der Waals surface area (Å²) < 4.78 is 0. The molecule has 1 aromatic rings. The van der Waals surface area contributed by atoms with Gasteiger partial charge in [0.2, 0.25) is 5.91 Å². The number of anilines is 1. The van der Waals surface area contributed by atoms with Crippen molar-refractivity contribution in [3.63, 3.8) is 0 Å². The normalized spacial score (nSPS) is 16.7. The quantitative estimate of drug-likeness (QED) is 0.883. The minimum absolute atomic E-state index is 0.187. The minimum Gasteiger partial charge on any atom is -0.481 e. The molecule has 1 fully saturated rings. The zero-order valence-electron chi connectivity index (χ0n) is 11.2. The van der Waals surface area contributed by atoms with Crippen molar-refractivity contribution in [1.29, 1.82) is 0 Å². The molecular formula is C13H15Cl2N3O3. The van der Waals surface area contributed by atoms with Crippen molar-refractivity contribution < 1.29 is 14.7 Å². The van der Waals surface area contributed by atoms with Gasteiger partial charge >= 0.3 is 5.97 Å². The number of nitrogens with one attached hydrogen (secondary N) is 1. The zero-order chi connectivity index (χ0) is 15.4. The second-order valence-electron chi connectivity index (χ2n) is 4.92. The Hall–Kier alpha value is -1.37. The van der Waals surface area contributed by atoms with E-state index in [1.807, 2.05) is 4.90 Å². The van der Waals surface area contributed by atoms with Crippen molar-refractivity contribution in [3.8, 4) is 0 Å². The standard InChI is InChI=1S/C13H15Cl2N3O3/c14-9-5-10(15)12(16-6-9)17-11(19)7-18-3-1-8(2-4-18)13(20)21/h5-6,8H,1-4,7H2,(H,20,21)(H,16,17,19). The highest BCUT2D eigenvalue weighted by molar-refractivity contribution is 6.36. The van der Waals surface area contributed by atoms with Crippen LogP contribution in [-0.4, -0.2) is 46.5 Å². The molecule has 0 spiro atoms. The largest absolute Gasteiger partial charge is 0.481 e. The molecule has 2 heterocycles. The molecule has 1 aliphatic heterocycles. The Kier molecular flexibility index (Phi) is 5.39. The molecule has 114 valence electrons. The van der Waals surface area contributed by atoms with Crippen LogP contribution in [0.15, 0.2) is 12.3 Å². The molecular weight excluding hydrogens is 317 g/mol. The van der Waals surface area contributed by atoms with Gasteiger partial charge in [0.25, 0.3) is 0 Å². The van der Waals surface area contributed by atoms with Gasteiger partial charge in [-0.25, -0.2) is 4.98 Å². The number of amides is 1. The Bertz CT molecular complexity index is 545. The first-order chi connectivity index (χ1) is 9.95. The second-order valence-corrected chi connectivity index (χ2v) is 5.76. The van der Waals surface area contributed by atoms with Crippen LogP contribution in [0.1, 0.15) is 12.8 Å². The number of rotatable bonds is 4. The van der Waals surface area contributed by atoms with E-state index in [-0.39, 0.29) is 29.2 Å². The molecule has 0 aliphatic carbocycles. The van der Waals surface area contributed by atoms with Gasteiger partial charge in [-0.2, -0.15) is 0 Å². The summed E-state index contributed by atoms with van der Waals surface area (Å²) in [5, 5.41) is 12.2. The molecule has 1 aromatic heterocycles. The SMILES string of the molecule is O=C(CN1CCC(C(=O)O)CC1)Nc1ncc(Cl)cc1Cl. The van der Waals surface area contributed by atoms with Crippen molar-refractivity contribution in [2.45, 2.75) is 12.8 Å². The fraction of sp³-hybridized carbons (Fsp3) is 0.462. The maximum atomic E-state index is 11.9. The van der Waals surface area contributed by atoms with Gasteiger partial charge in [-0.3, -0.25) is 14.5 Å². The Morgan fingerprint density at radius 3 is 2.62 bits per heavy atom. The minimum atomic E-state index is -0.767. The van der Waals surface area contributed by atoms with Crippen LogP contribution >= 0.6 is 23.2 Å². The third-order valence-electron chi connectivity index (χ3n) is 3.37. The van der Waals surface area contributed by atoms with Crippen molar-refractivity contribution >= 4 is 40.9 Å². The van der Waals surface area contributed by atoms with Gasteiger partial charge < -0.3 is 10.4 Å². The van der Waals surface area contributed by atoms with Crippen molar-refractivity contribution in [2.75, 3.05) is 25.0 Å². The van der Waals surface area contributed by atoms with Gasteiger partial charge in [0, 0.05) is 6.20 Å². The smallest absolute Gasteiger partial charge is 0.306 e. The predicted molar refractivity (Wildman–Crippen MR) is 79.7 cm³/mol. The fourth-order valence-electron chi connectivity index (χ4n) is 2.22. The number of likely N-dealkylation sites (tertiary alicyclic amines) is 1. The van der Waals surface area contributed by atoms with Crippen LogP contribution in [0.5, 0.6) is 0 Å². The summed E-state index contributed by atoms with van der Waals surface area (Å²) in [4.78, 5) is 28.7. The molecule has 1 aliphatic rings. The maximum Gasteiger partial charge on any atom is 0.306 e. The number of hydrogen-bond acceptors (Lipinski definition) is 4. The lowest BCUT2D eigenvalue weighted by Gasteiger charge is -2.29. The Balaban J connectivity index is 1.84. The summed E-state index contributed by atoms with van der Waals surface area (Å²) in [6, 6.07) is 1.50. The van der Waals surface area contributed by atoms with E-state index >= 15 is 0 Å². The number of pyridine rings is 1. The average molecular weight is 332 g/mol. The molecule has 0 unspecified atom stereocenters. The van der Waals surface area contributed by atoms with E-state index in [1.54, 1.807) is 0 Å². The van der Waals surface area contributed by atoms with Gasteiger partial charge in [-0.15, -0.1) is 0 Å². The average Bonchev–Trinajstić information content (AvgIpc) is 2.42. The number of hydrogen-bond donors (Lipinski definition) is 2. The van der Waals surface area contributed by atoms with Crippen LogP contribution in [0.25, 0.3) is 0 Å². The predicted octanol–water partition coefficient (Wildman–Crippen LogP) is 2.12. The monoisotopic (exact) mass is 331 g/mol. The maximum absolute atomic E-state index is 11.9. The van der Waals surface area contributed by atoms with E-state index < -0.39 is 5.97 Å². The third kappa shape index (κ3) is 4.56. The summed E-state index contributed by atoms with van der Waals surface area (Å²) in [6.07, 6.45) is 2.52. The lowest BCUT2D eigenvalue weighted by molar-refractivity contribution is -0.143. The van der Waals surface area contributed by atoms with Gasteiger partial charge in [-0.05, 0) is 32.0 Å². The number of carbonyl (C=O) groups excluding carboxylic acids is 1. The molecule has 0 bridgehead atoms. The molecule has 21 heavy (non-hydrogen) atoms. The number of halogens is 2. The summed E-state index contributed by atoms with van der Waals surface area (Å²) in [5.41, 5.74) is 0. The molecule has 2 rings (SSSR count). The topological polar surface area (TPSA) is 82.5 Å². The summed E-state index contributed by atoms with van der Waals surface area (Å²) in [7, 11) is 0. The molecule has 1 amide bonds. The number of carbonyl (C=O) groups is 2. The van der Waals surface area contributed by atoms with E-state index in [1.165, 1.54) is 12.3 Å². The van der Waals surface area contributed by atoms with Gasteiger partial charge in [0.15, 0.2) is 5.82 Å². The first kappa shape index (κ1) is 16.0. The first-order valence-electron chi connectivity index (χ1n) is 6.52. The molecule has 1 saturated heterocycles. The van der Waals surface area contributed by atoms with Crippen LogP contribution in [-0.2, 0) is 9.59 Å². The number of carboxylic acid groups (broad SMARTS) is 1. The van der Waals surface area contributed by atoms with Gasteiger partial charge in [0.1, 0.15) is 0 Å². The van der Waals surface area contributed by atoms with E-state index in [2.05, 4.69) is 10.3 Å². The number of piperidine rings is 1. The van der Waals surface area contributed by atoms with Gasteiger partial charge in [-0.1, -0.05) is 23.2 Å². The molecule has 2 N–H and O–H groups in total. The van der Waals surface area contributed by atoms with Crippen molar-refractivity contribution in [1.82, 2.24) is 9.88 Å². The number of carboxylic acids is 1. The van der Waals surface area contributed by atoms with Gasteiger partial charge in [0.05, 0.1) is 22.5 Å². The lowest BCUT2D eigenvalue weighted by atomic mass is 9.97. The Morgan fingerprint density at radius 2 is 2.05 bits per heavy atom. The molecule has 0 radical (unpaired) electrons. The lowest BCUT2D eigenvalue weighted by Crippen LogP contribution is -2.40. The van der Waals surface area contributed by atoms with E-state index in [9.17, 15) is 9.59 Å². The third-order valence-corrected chi connectivity index (χ3v) is 3.86. The Labute approximate surface area is 132 Å². The summed E-state index contributed by atoms with van der Waals surface area (Å²) in [5.74, 6) is -1.04. The second kappa shape index (κ2) is 7.06.